The monoisotopic (exact) mass is 448 g/mol. The minimum absolute atomic E-state index is 0.235. The summed E-state index contributed by atoms with van der Waals surface area (Å²) in [5.74, 6) is 0. The average molecular weight is 448 g/mol. The minimum atomic E-state index is -6.09. The number of rotatable bonds is 8. The van der Waals surface area contributed by atoms with Crippen LogP contribution in [-0.4, -0.2) is 18.5 Å². The normalized spacial score (nSPS) is 11.7. The van der Waals surface area contributed by atoms with E-state index in [1.165, 1.54) is 60.3 Å². The maximum atomic E-state index is 10.7. The molecule has 0 aliphatic rings. The van der Waals surface area contributed by atoms with Crippen LogP contribution in [-0.2, 0) is 23.0 Å². The van der Waals surface area contributed by atoms with Gasteiger partial charge in [-0.2, -0.15) is 13.2 Å². The van der Waals surface area contributed by atoms with Crippen molar-refractivity contribution < 1.29 is 26.1 Å². The van der Waals surface area contributed by atoms with E-state index in [1.54, 1.807) is 0 Å². The van der Waals surface area contributed by atoms with Crippen LogP contribution in [0.4, 0.5) is 13.2 Å². The molecule has 0 amide bonds. The molecular formula is C21H28F3O3PS. The van der Waals surface area contributed by atoms with Crippen molar-refractivity contribution in [3.8, 4) is 0 Å². The van der Waals surface area contributed by atoms with Crippen molar-refractivity contribution in [3.05, 3.63) is 59.7 Å². The molecule has 0 spiro atoms. The van der Waals surface area contributed by atoms with Crippen molar-refractivity contribution >= 4 is 29.3 Å². The lowest BCUT2D eigenvalue weighted by atomic mass is 10.1. The van der Waals surface area contributed by atoms with Crippen LogP contribution >= 0.6 is 8.58 Å². The number of unbranched alkanes of at least 4 members (excludes halogenated alkanes) is 2. The van der Waals surface area contributed by atoms with Crippen molar-refractivity contribution in [2.45, 2.75) is 57.9 Å². The molecule has 0 bridgehead atoms. The lowest BCUT2D eigenvalue weighted by molar-refractivity contribution is -0.0517. The van der Waals surface area contributed by atoms with E-state index < -0.39 is 15.6 Å². The van der Waals surface area contributed by atoms with Crippen LogP contribution in [0.5, 0.6) is 0 Å². The summed E-state index contributed by atoms with van der Waals surface area (Å²) in [7, 11) is -5.86. The third-order valence-electron chi connectivity index (χ3n) is 4.21. The second-order valence-electron chi connectivity index (χ2n) is 6.73. The van der Waals surface area contributed by atoms with Gasteiger partial charge in [-0.25, -0.2) is 8.42 Å². The van der Waals surface area contributed by atoms with Gasteiger partial charge >= 0.3 is 5.51 Å². The topological polar surface area (TPSA) is 57.2 Å². The highest BCUT2D eigenvalue weighted by molar-refractivity contribution is 7.86. The van der Waals surface area contributed by atoms with Crippen molar-refractivity contribution in [1.82, 2.24) is 0 Å². The van der Waals surface area contributed by atoms with Crippen LogP contribution < -0.4 is 10.6 Å². The molecule has 0 saturated carbocycles. The second kappa shape index (κ2) is 12.3. The third-order valence-corrected chi connectivity index (χ3v) is 6.22. The Balaban J connectivity index is 0.000000447. The predicted octanol–water partition coefficient (Wildman–Crippen LogP) is 4.78. The molecule has 0 fully saturated rings. The Labute approximate surface area is 173 Å². The molecule has 0 aliphatic heterocycles. The molecule has 0 unspecified atom stereocenters. The Morgan fingerprint density at radius 1 is 0.793 bits per heavy atom. The van der Waals surface area contributed by atoms with E-state index in [4.69, 9.17) is 13.0 Å². The summed E-state index contributed by atoms with van der Waals surface area (Å²) < 4.78 is 58.9. The predicted molar refractivity (Wildman–Crippen MR) is 115 cm³/mol. The molecule has 8 heteroatoms. The summed E-state index contributed by atoms with van der Waals surface area (Å²) in [6, 6.07) is 18.6. The van der Waals surface area contributed by atoms with Crippen LogP contribution in [0.2, 0.25) is 0 Å². The first-order valence-electron chi connectivity index (χ1n) is 9.61. The average Bonchev–Trinajstić information content (AvgIpc) is 2.66. The number of alkyl halides is 3. The lowest BCUT2D eigenvalue weighted by Gasteiger charge is -2.08. The van der Waals surface area contributed by atoms with E-state index >= 15 is 0 Å². The number of halogens is 3. The maximum absolute atomic E-state index is 10.7. The number of aryl methyl sites for hydroxylation is 2. The number of hydrogen-bond donors (Lipinski definition) is 0. The molecule has 0 radical (unpaired) electrons. The molecule has 0 heterocycles. The minimum Gasteiger partial charge on any atom is -0.741 e. The van der Waals surface area contributed by atoms with Gasteiger partial charge in [0.2, 0.25) is 0 Å². The van der Waals surface area contributed by atoms with Gasteiger partial charge < -0.3 is 4.55 Å². The van der Waals surface area contributed by atoms with Crippen LogP contribution in [0.1, 0.15) is 50.7 Å². The molecule has 0 atom stereocenters. The zero-order chi connectivity index (χ0) is 21.9. The van der Waals surface area contributed by atoms with Gasteiger partial charge in [-0.3, -0.25) is 0 Å². The molecule has 0 N–H and O–H groups in total. The van der Waals surface area contributed by atoms with Crippen LogP contribution in [0.15, 0.2) is 48.5 Å². The summed E-state index contributed by atoms with van der Waals surface area (Å²) in [5, 5.41) is 2.99. The summed E-state index contributed by atoms with van der Waals surface area (Å²) in [5.41, 5.74) is -2.68. The van der Waals surface area contributed by atoms with E-state index in [0.717, 1.165) is 0 Å². The maximum Gasteiger partial charge on any atom is 0.485 e. The Bertz CT molecular complexity index is 768. The third kappa shape index (κ3) is 10.2. The molecule has 0 aromatic heterocycles. The van der Waals surface area contributed by atoms with E-state index in [-0.39, 0.29) is 8.58 Å². The molecule has 3 nitrogen and oxygen atoms in total. The Hall–Kier alpha value is -1.43. The first-order valence-corrected chi connectivity index (χ1v) is 12.2. The quantitative estimate of drug-likeness (QED) is 0.332. The van der Waals surface area contributed by atoms with E-state index in [1.807, 2.05) is 0 Å². The number of hydrogen-bond acceptors (Lipinski definition) is 3. The standard InChI is InChI=1S/C20H27P.CHF3O3S/c1-3-5-7-17-9-13-19(14-10-17)21-20-15-11-18(12-16-20)8-6-4-2;2-1(3,4)8(5,6)7/h9-16,21H,3-8H2,1-2H3;(H,5,6,7). The molecule has 2 aromatic rings. The fourth-order valence-corrected chi connectivity index (χ4v) is 3.67. The first kappa shape index (κ1) is 25.6. The molecule has 0 saturated heterocycles. The van der Waals surface area contributed by atoms with Gasteiger partial charge in [0, 0.05) is 0 Å². The lowest BCUT2D eigenvalue weighted by Crippen LogP contribution is -2.21. The SMILES string of the molecule is CCCCc1ccc([PH2+]c2ccc(CCCC)cc2)cc1.O=S(=O)([O-])C(F)(F)F. The van der Waals surface area contributed by atoms with Crippen molar-refractivity contribution in [1.29, 1.82) is 0 Å². The summed E-state index contributed by atoms with van der Waals surface area (Å²) >= 11 is 0. The Morgan fingerprint density at radius 2 is 1.10 bits per heavy atom. The first-order chi connectivity index (χ1) is 13.6. The van der Waals surface area contributed by atoms with Gasteiger partial charge in [-0.1, -0.05) is 51.0 Å². The van der Waals surface area contributed by atoms with Crippen LogP contribution in [0, 0.1) is 0 Å². The zero-order valence-electron chi connectivity index (χ0n) is 16.7. The summed E-state index contributed by atoms with van der Waals surface area (Å²) in [6.45, 7) is 4.51. The molecule has 2 aromatic carbocycles. The highest BCUT2D eigenvalue weighted by Gasteiger charge is 2.36. The summed E-state index contributed by atoms with van der Waals surface area (Å²) in [4.78, 5) is 0. The Morgan fingerprint density at radius 3 is 1.34 bits per heavy atom. The zero-order valence-corrected chi connectivity index (χ0v) is 18.7. The van der Waals surface area contributed by atoms with E-state index in [9.17, 15) is 13.2 Å². The number of benzene rings is 2. The van der Waals surface area contributed by atoms with Crippen molar-refractivity contribution in [2.24, 2.45) is 0 Å². The smallest absolute Gasteiger partial charge is 0.485 e. The van der Waals surface area contributed by atoms with Gasteiger partial charge in [-0.15, -0.1) is 0 Å². The second-order valence-corrected chi connectivity index (χ2v) is 9.73. The van der Waals surface area contributed by atoms with Crippen LogP contribution in [0.25, 0.3) is 0 Å². The highest BCUT2D eigenvalue weighted by atomic mass is 32.2. The van der Waals surface area contributed by atoms with Gasteiger partial charge in [0.05, 0.1) is 19.2 Å². The molecule has 2 rings (SSSR count). The van der Waals surface area contributed by atoms with E-state index in [0.29, 0.717) is 0 Å². The van der Waals surface area contributed by atoms with Crippen molar-refractivity contribution in [2.75, 3.05) is 0 Å². The molecule has 29 heavy (non-hydrogen) atoms. The van der Waals surface area contributed by atoms with Crippen molar-refractivity contribution in [3.63, 3.8) is 0 Å². The molecular weight excluding hydrogens is 420 g/mol. The molecule has 0 aliphatic carbocycles. The largest absolute Gasteiger partial charge is 0.741 e. The fraction of sp³-hybridized carbons (Fsp3) is 0.429. The van der Waals surface area contributed by atoms with E-state index in [2.05, 4.69) is 62.4 Å². The Kier molecular flexibility index (Phi) is 10.9. The summed E-state index contributed by atoms with van der Waals surface area (Å²) in [6.07, 6.45) is 7.59. The van der Waals surface area contributed by atoms with Gasteiger partial charge in [0.1, 0.15) is 0 Å². The fourth-order valence-electron chi connectivity index (χ4n) is 2.52. The van der Waals surface area contributed by atoms with Gasteiger partial charge in [-0.05, 0) is 61.1 Å². The van der Waals surface area contributed by atoms with Gasteiger partial charge in [0.25, 0.3) is 0 Å². The highest BCUT2D eigenvalue weighted by Crippen LogP contribution is 2.20. The van der Waals surface area contributed by atoms with Gasteiger partial charge in [0.15, 0.2) is 10.1 Å². The van der Waals surface area contributed by atoms with Crippen LogP contribution in [0.3, 0.4) is 0 Å². The molecule has 162 valence electrons.